The lowest BCUT2D eigenvalue weighted by atomic mass is 9.90. The van der Waals surface area contributed by atoms with Crippen molar-refractivity contribution in [2.45, 2.75) is 19.4 Å². The Bertz CT molecular complexity index is 676. The second-order valence-corrected chi connectivity index (χ2v) is 6.87. The lowest BCUT2D eigenvalue weighted by molar-refractivity contribution is 0.533. The monoisotopic (exact) mass is 391 g/mol. The molecule has 1 heterocycles. The molecule has 0 saturated carbocycles. The third kappa shape index (κ3) is 2.52. The number of anilines is 1. The number of nitrogens with two attached hydrogens (primary N) is 1. The van der Waals surface area contributed by atoms with Crippen molar-refractivity contribution in [1.29, 1.82) is 0 Å². The Morgan fingerprint density at radius 2 is 1.71 bits per heavy atom. The molecule has 3 nitrogen and oxygen atoms in total. The minimum absolute atomic E-state index is 0.232. The number of halogens is 1. The van der Waals surface area contributed by atoms with Gasteiger partial charge in [-0.25, -0.2) is 0 Å². The molecule has 2 aromatic carbocycles. The third-order valence-electron chi connectivity index (χ3n) is 4.03. The van der Waals surface area contributed by atoms with E-state index in [1.807, 2.05) is 0 Å². The SMILES string of the molecule is Cc1ccc(N2C(N)=NCC2(C)c2ccc(I)cc2)cc1. The van der Waals surface area contributed by atoms with E-state index in [2.05, 4.69) is 94.9 Å². The van der Waals surface area contributed by atoms with Crippen LogP contribution in [0.25, 0.3) is 0 Å². The highest BCUT2D eigenvalue weighted by atomic mass is 127. The van der Waals surface area contributed by atoms with Gasteiger partial charge in [-0.15, -0.1) is 0 Å². The maximum Gasteiger partial charge on any atom is 0.196 e. The third-order valence-corrected chi connectivity index (χ3v) is 4.75. The van der Waals surface area contributed by atoms with Crippen LogP contribution in [0.5, 0.6) is 0 Å². The van der Waals surface area contributed by atoms with Gasteiger partial charge >= 0.3 is 0 Å². The van der Waals surface area contributed by atoms with Gasteiger partial charge in [-0.05, 0) is 66.3 Å². The van der Waals surface area contributed by atoms with Crippen LogP contribution in [0.2, 0.25) is 0 Å². The van der Waals surface area contributed by atoms with Crippen LogP contribution in [0.15, 0.2) is 53.5 Å². The Labute approximate surface area is 139 Å². The van der Waals surface area contributed by atoms with Gasteiger partial charge in [-0.2, -0.15) is 0 Å². The Morgan fingerprint density at radius 3 is 2.33 bits per heavy atom. The van der Waals surface area contributed by atoms with Crippen molar-refractivity contribution in [3.8, 4) is 0 Å². The molecule has 0 bridgehead atoms. The van der Waals surface area contributed by atoms with E-state index in [4.69, 9.17) is 5.73 Å². The summed E-state index contributed by atoms with van der Waals surface area (Å²) in [6.07, 6.45) is 0. The van der Waals surface area contributed by atoms with Crippen LogP contribution in [0, 0.1) is 10.5 Å². The van der Waals surface area contributed by atoms with Crippen LogP contribution in [0.4, 0.5) is 5.69 Å². The second kappa shape index (κ2) is 5.33. The van der Waals surface area contributed by atoms with Gasteiger partial charge in [0.05, 0.1) is 12.1 Å². The largest absolute Gasteiger partial charge is 0.369 e. The summed E-state index contributed by atoms with van der Waals surface area (Å²) in [6.45, 7) is 4.95. The maximum absolute atomic E-state index is 6.17. The predicted molar refractivity (Wildman–Crippen MR) is 96.7 cm³/mol. The molecule has 0 radical (unpaired) electrons. The molecule has 0 aromatic heterocycles. The van der Waals surface area contributed by atoms with Gasteiger partial charge in [-0.3, -0.25) is 4.99 Å². The van der Waals surface area contributed by atoms with Crippen LogP contribution in [-0.4, -0.2) is 12.5 Å². The van der Waals surface area contributed by atoms with Gasteiger partial charge in [0.2, 0.25) is 0 Å². The van der Waals surface area contributed by atoms with E-state index < -0.39 is 0 Å². The van der Waals surface area contributed by atoms with Crippen LogP contribution in [-0.2, 0) is 5.54 Å². The number of hydrogen-bond donors (Lipinski definition) is 1. The van der Waals surface area contributed by atoms with Gasteiger partial charge < -0.3 is 10.6 Å². The van der Waals surface area contributed by atoms with E-state index in [1.54, 1.807) is 0 Å². The van der Waals surface area contributed by atoms with Crippen LogP contribution >= 0.6 is 22.6 Å². The molecule has 3 rings (SSSR count). The van der Waals surface area contributed by atoms with Gasteiger partial charge in [0.1, 0.15) is 0 Å². The van der Waals surface area contributed by atoms with Crippen molar-refractivity contribution < 1.29 is 0 Å². The van der Waals surface area contributed by atoms with E-state index in [1.165, 1.54) is 14.7 Å². The van der Waals surface area contributed by atoms with Gasteiger partial charge in [0, 0.05) is 9.26 Å². The molecular weight excluding hydrogens is 373 g/mol. The van der Waals surface area contributed by atoms with Crippen molar-refractivity contribution in [3.05, 3.63) is 63.2 Å². The number of benzene rings is 2. The highest BCUT2D eigenvalue weighted by Crippen LogP contribution is 2.36. The predicted octanol–water partition coefficient (Wildman–Crippen LogP) is 3.65. The summed E-state index contributed by atoms with van der Waals surface area (Å²) in [5.74, 6) is 0.583. The molecule has 1 atom stereocenters. The molecule has 1 unspecified atom stereocenters. The number of rotatable bonds is 2. The fraction of sp³-hybridized carbons (Fsp3) is 0.235. The molecule has 0 saturated heterocycles. The minimum atomic E-state index is -0.232. The number of guanidine groups is 1. The smallest absolute Gasteiger partial charge is 0.196 e. The summed E-state index contributed by atoms with van der Waals surface area (Å²) in [4.78, 5) is 6.62. The number of aliphatic imine (C=N–C) groups is 1. The van der Waals surface area contributed by atoms with Gasteiger partial charge in [-0.1, -0.05) is 29.8 Å². The minimum Gasteiger partial charge on any atom is -0.369 e. The summed E-state index contributed by atoms with van der Waals surface area (Å²) in [5, 5.41) is 0. The fourth-order valence-corrected chi connectivity index (χ4v) is 3.13. The first kappa shape index (κ1) is 14.4. The topological polar surface area (TPSA) is 41.6 Å². The quantitative estimate of drug-likeness (QED) is 0.795. The van der Waals surface area contributed by atoms with Gasteiger partial charge in [0.25, 0.3) is 0 Å². The van der Waals surface area contributed by atoms with Crippen molar-refractivity contribution in [3.63, 3.8) is 0 Å². The first-order chi connectivity index (χ1) is 10.0. The standard InChI is InChI=1S/C17H18IN3/c1-12-3-9-15(10-4-12)21-16(19)20-11-17(21,2)13-5-7-14(18)8-6-13/h3-10H,11H2,1-2H3,(H2,19,20). The van der Waals surface area contributed by atoms with Crippen molar-refractivity contribution in [1.82, 2.24) is 0 Å². The molecule has 0 fully saturated rings. The molecule has 21 heavy (non-hydrogen) atoms. The molecule has 2 aromatic rings. The van der Waals surface area contributed by atoms with E-state index in [-0.39, 0.29) is 5.54 Å². The van der Waals surface area contributed by atoms with Crippen LogP contribution in [0.3, 0.4) is 0 Å². The summed E-state index contributed by atoms with van der Waals surface area (Å²) in [6, 6.07) is 17.0. The average molecular weight is 391 g/mol. The maximum atomic E-state index is 6.17. The molecule has 108 valence electrons. The zero-order valence-electron chi connectivity index (χ0n) is 12.2. The van der Waals surface area contributed by atoms with Gasteiger partial charge in [0.15, 0.2) is 5.96 Å². The molecule has 1 aliphatic rings. The van der Waals surface area contributed by atoms with E-state index in [0.29, 0.717) is 12.5 Å². The number of nitrogens with zero attached hydrogens (tertiary/aromatic N) is 2. The Morgan fingerprint density at radius 1 is 1.10 bits per heavy atom. The summed E-state index contributed by atoms with van der Waals surface area (Å²) >= 11 is 2.32. The van der Waals surface area contributed by atoms with Crippen molar-refractivity contribution in [2.75, 3.05) is 11.4 Å². The van der Waals surface area contributed by atoms with Crippen LogP contribution < -0.4 is 10.6 Å². The summed E-state index contributed by atoms with van der Waals surface area (Å²) in [7, 11) is 0. The van der Waals surface area contributed by atoms with Crippen LogP contribution in [0.1, 0.15) is 18.1 Å². The zero-order chi connectivity index (χ0) is 15.0. The highest BCUT2D eigenvalue weighted by molar-refractivity contribution is 14.1. The Kier molecular flexibility index (Phi) is 3.65. The molecule has 2 N–H and O–H groups in total. The highest BCUT2D eigenvalue weighted by Gasteiger charge is 2.40. The average Bonchev–Trinajstić information content (AvgIpc) is 2.78. The summed E-state index contributed by atoms with van der Waals surface area (Å²) < 4.78 is 1.23. The number of aryl methyl sites for hydroxylation is 1. The molecule has 4 heteroatoms. The van der Waals surface area contributed by atoms with Crippen molar-refractivity contribution >= 4 is 34.2 Å². The summed E-state index contributed by atoms with van der Waals surface area (Å²) in [5.41, 5.74) is 9.49. The fourth-order valence-electron chi connectivity index (χ4n) is 2.77. The normalized spacial score (nSPS) is 21.5. The lowest BCUT2D eigenvalue weighted by Gasteiger charge is -2.36. The van der Waals surface area contributed by atoms with E-state index in [9.17, 15) is 0 Å². The Balaban J connectivity index is 2.05. The van der Waals surface area contributed by atoms with Crippen molar-refractivity contribution in [2.24, 2.45) is 10.7 Å². The molecule has 0 aliphatic carbocycles. The zero-order valence-corrected chi connectivity index (χ0v) is 14.3. The molecule has 1 aliphatic heterocycles. The molecule has 0 spiro atoms. The Hall–Kier alpha value is -1.56. The second-order valence-electron chi connectivity index (χ2n) is 5.63. The lowest BCUT2D eigenvalue weighted by Crippen LogP contribution is -2.47. The molecular formula is C17H18IN3. The molecule has 0 amide bonds. The van der Waals surface area contributed by atoms with E-state index in [0.717, 1.165) is 5.69 Å². The van der Waals surface area contributed by atoms with E-state index >= 15 is 0 Å². The first-order valence-corrected chi connectivity index (χ1v) is 8.01. The number of hydrogen-bond acceptors (Lipinski definition) is 3. The first-order valence-electron chi connectivity index (χ1n) is 6.93.